The van der Waals surface area contributed by atoms with Crippen molar-refractivity contribution in [1.82, 2.24) is 29.9 Å². The summed E-state index contributed by atoms with van der Waals surface area (Å²) in [6.45, 7) is 4.27. The van der Waals surface area contributed by atoms with Gasteiger partial charge in [-0.2, -0.15) is 5.10 Å². The molecule has 1 aromatic carbocycles. The summed E-state index contributed by atoms with van der Waals surface area (Å²) in [6, 6.07) is 7.68. The van der Waals surface area contributed by atoms with Gasteiger partial charge in [-0.15, -0.1) is 0 Å². The number of rotatable bonds is 5. The first-order chi connectivity index (χ1) is 19.2. The first-order valence-electron chi connectivity index (χ1n) is 13.5. The summed E-state index contributed by atoms with van der Waals surface area (Å²) >= 11 is 12.2. The molecule has 208 valence electrons. The van der Waals surface area contributed by atoms with Crippen LogP contribution in [0.1, 0.15) is 88.1 Å². The highest BCUT2D eigenvalue weighted by atomic mass is 35.5. The van der Waals surface area contributed by atoms with E-state index in [4.69, 9.17) is 28.3 Å². The number of carbonyl (C=O) groups excluding carboxylic acids is 3. The summed E-state index contributed by atoms with van der Waals surface area (Å²) < 4.78 is 1.56. The van der Waals surface area contributed by atoms with Gasteiger partial charge >= 0.3 is 0 Å². The van der Waals surface area contributed by atoms with E-state index < -0.39 is 6.04 Å². The molecule has 1 N–H and O–H groups in total. The first-order valence-corrected chi connectivity index (χ1v) is 14.3. The summed E-state index contributed by atoms with van der Waals surface area (Å²) in [5, 5.41) is 8.16. The maximum absolute atomic E-state index is 14.1. The van der Waals surface area contributed by atoms with Crippen molar-refractivity contribution in [3.05, 3.63) is 80.3 Å². The third-order valence-electron chi connectivity index (χ3n) is 8.30. The average Bonchev–Trinajstić information content (AvgIpc) is 3.74. The zero-order valence-corrected chi connectivity index (χ0v) is 24.0. The lowest BCUT2D eigenvalue weighted by atomic mass is 9.96. The molecule has 2 aliphatic heterocycles. The van der Waals surface area contributed by atoms with E-state index in [1.54, 1.807) is 39.7 Å². The highest BCUT2D eigenvalue weighted by molar-refractivity contribution is 6.42. The zero-order chi connectivity index (χ0) is 28.3. The number of pyridine rings is 1. The minimum Gasteiger partial charge on any atom is -0.357 e. The van der Waals surface area contributed by atoms with E-state index in [1.807, 2.05) is 32.2 Å². The van der Waals surface area contributed by atoms with E-state index in [0.717, 1.165) is 17.0 Å². The zero-order valence-electron chi connectivity index (χ0n) is 22.5. The van der Waals surface area contributed by atoms with Gasteiger partial charge in [0.2, 0.25) is 5.91 Å². The fourth-order valence-corrected chi connectivity index (χ4v) is 6.02. The Morgan fingerprint density at radius 1 is 1.12 bits per heavy atom. The van der Waals surface area contributed by atoms with Crippen LogP contribution in [0.5, 0.6) is 0 Å². The standard InChI is InChI=1S/C29H30Cl2N6O3/c1-15-10-24-20(13-35(15)28(39)18-6-8-21(30)22(31)11-18)26-29(40)36(14-25(27(38)32-3)37(26)34-24)16(2)19-7-9-23(33-12-19)17-4-5-17/h6-9,11-12,15-17,25H,4-5,10,13-14H2,1-3H3,(H,32,38)/t15-,16?,25+/m1/s1. The van der Waals surface area contributed by atoms with Gasteiger partial charge in [0.25, 0.3) is 11.8 Å². The molecular formula is C29H30Cl2N6O3. The number of benzene rings is 1. The number of halogens is 2. The SMILES string of the molecule is CNC(=O)[C@@H]1CN(C(C)c2ccc(C3CC3)nc2)C(=O)c2c3c(nn21)C[C@@H](C)N(C(=O)c1ccc(Cl)c(Cl)c1)C3. The minimum absolute atomic E-state index is 0.175. The molecule has 2 aromatic heterocycles. The molecule has 0 radical (unpaired) electrons. The van der Waals surface area contributed by atoms with E-state index in [2.05, 4.69) is 10.3 Å². The van der Waals surface area contributed by atoms with Crippen molar-refractivity contribution in [3.8, 4) is 0 Å². The molecule has 1 fully saturated rings. The normalized spacial score (nSPS) is 21.1. The lowest BCUT2D eigenvalue weighted by Gasteiger charge is -2.38. The van der Waals surface area contributed by atoms with Gasteiger partial charge in [0.15, 0.2) is 0 Å². The Balaban J connectivity index is 1.35. The van der Waals surface area contributed by atoms with Crippen LogP contribution in [0, 0.1) is 0 Å². The molecule has 1 saturated carbocycles. The molecule has 4 heterocycles. The van der Waals surface area contributed by atoms with Crippen molar-refractivity contribution in [2.24, 2.45) is 0 Å². The van der Waals surface area contributed by atoms with Crippen molar-refractivity contribution in [2.75, 3.05) is 13.6 Å². The highest BCUT2D eigenvalue weighted by Crippen LogP contribution is 2.40. The Hall–Kier alpha value is -3.43. The van der Waals surface area contributed by atoms with Crippen LogP contribution < -0.4 is 5.32 Å². The third kappa shape index (κ3) is 4.55. The summed E-state index contributed by atoms with van der Waals surface area (Å²) in [4.78, 5) is 48.8. The van der Waals surface area contributed by atoms with Gasteiger partial charge < -0.3 is 15.1 Å². The molecular weight excluding hydrogens is 551 g/mol. The van der Waals surface area contributed by atoms with Gasteiger partial charge in [-0.1, -0.05) is 29.3 Å². The molecule has 3 aliphatic rings. The van der Waals surface area contributed by atoms with Gasteiger partial charge in [-0.3, -0.25) is 19.4 Å². The average molecular weight is 582 g/mol. The van der Waals surface area contributed by atoms with E-state index in [1.165, 1.54) is 12.8 Å². The van der Waals surface area contributed by atoms with Crippen molar-refractivity contribution in [1.29, 1.82) is 0 Å². The number of aromatic nitrogens is 3. The predicted molar refractivity (Wildman–Crippen MR) is 150 cm³/mol. The Morgan fingerprint density at radius 3 is 2.55 bits per heavy atom. The topological polar surface area (TPSA) is 100 Å². The molecule has 1 unspecified atom stereocenters. The Morgan fingerprint density at radius 2 is 1.90 bits per heavy atom. The van der Waals surface area contributed by atoms with Crippen LogP contribution in [0.4, 0.5) is 0 Å². The maximum atomic E-state index is 14.1. The van der Waals surface area contributed by atoms with Crippen LogP contribution in [-0.2, 0) is 17.8 Å². The van der Waals surface area contributed by atoms with Gasteiger partial charge in [0.05, 0.1) is 34.9 Å². The summed E-state index contributed by atoms with van der Waals surface area (Å²) in [5.41, 5.74) is 4.15. The second-order valence-electron chi connectivity index (χ2n) is 10.9. The van der Waals surface area contributed by atoms with Crippen molar-refractivity contribution in [3.63, 3.8) is 0 Å². The highest BCUT2D eigenvalue weighted by Gasteiger charge is 2.43. The summed E-state index contributed by atoms with van der Waals surface area (Å²) in [5.74, 6) is -0.125. The molecule has 0 saturated heterocycles. The van der Waals surface area contributed by atoms with Crippen LogP contribution in [0.2, 0.25) is 10.0 Å². The Bertz CT molecular complexity index is 1520. The lowest BCUT2D eigenvalue weighted by Crippen LogP contribution is -2.49. The maximum Gasteiger partial charge on any atom is 0.273 e. The van der Waals surface area contributed by atoms with Crippen molar-refractivity contribution < 1.29 is 14.4 Å². The largest absolute Gasteiger partial charge is 0.357 e. The fourth-order valence-electron chi connectivity index (χ4n) is 5.72. The predicted octanol–water partition coefficient (Wildman–Crippen LogP) is 4.55. The Kier molecular flexibility index (Phi) is 6.82. The number of hydrogen-bond acceptors (Lipinski definition) is 5. The number of carbonyl (C=O) groups is 3. The second kappa shape index (κ2) is 10.2. The van der Waals surface area contributed by atoms with Crippen molar-refractivity contribution >= 4 is 40.9 Å². The Labute approximate surface area is 242 Å². The quantitative estimate of drug-likeness (QED) is 0.477. The molecule has 0 bridgehead atoms. The number of fused-ring (bicyclic) bond motifs is 3. The monoisotopic (exact) mass is 580 g/mol. The van der Waals surface area contributed by atoms with Crippen LogP contribution in [-0.4, -0.2) is 61.9 Å². The number of nitrogens with zero attached hydrogens (tertiary/aromatic N) is 5. The van der Waals surface area contributed by atoms with Gasteiger partial charge in [0.1, 0.15) is 11.7 Å². The molecule has 6 rings (SSSR count). The van der Waals surface area contributed by atoms with E-state index in [9.17, 15) is 14.4 Å². The molecule has 11 heteroatoms. The van der Waals surface area contributed by atoms with Gasteiger partial charge in [0, 0.05) is 48.4 Å². The van der Waals surface area contributed by atoms with E-state index >= 15 is 0 Å². The minimum atomic E-state index is -0.695. The fraction of sp³-hybridized carbons (Fsp3) is 0.414. The molecule has 3 aromatic rings. The van der Waals surface area contributed by atoms with Crippen LogP contribution in [0.15, 0.2) is 36.5 Å². The number of hydrogen-bond donors (Lipinski definition) is 1. The molecule has 9 nitrogen and oxygen atoms in total. The number of nitrogens with one attached hydrogen (secondary N) is 1. The smallest absolute Gasteiger partial charge is 0.273 e. The molecule has 3 amide bonds. The van der Waals surface area contributed by atoms with Crippen LogP contribution in [0.3, 0.4) is 0 Å². The summed E-state index contributed by atoms with van der Waals surface area (Å²) in [6.07, 6.45) is 4.62. The van der Waals surface area contributed by atoms with E-state index in [-0.39, 0.29) is 42.9 Å². The summed E-state index contributed by atoms with van der Waals surface area (Å²) in [7, 11) is 1.58. The number of likely N-dealkylation sites (N-methyl/N-ethyl adjacent to an activating group) is 1. The van der Waals surface area contributed by atoms with Crippen molar-refractivity contribution in [2.45, 2.75) is 63.7 Å². The molecule has 40 heavy (non-hydrogen) atoms. The molecule has 0 spiro atoms. The van der Waals surface area contributed by atoms with Crippen LogP contribution in [0.25, 0.3) is 0 Å². The molecule has 3 atom stereocenters. The van der Waals surface area contributed by atoms with Gasteiger partial charge in [-0.05, 0) is 56.5 Å². The number of amides is 3. The van der Waals surface area contributed by atoms with E-state index in [0.29, 0.717) is 39.2 Å². The molecule has 1 aliphatic carbocycles. The lowest BCUT2D eigenvalue weighted by molar-refractivity contribution is -0.125. The van der Waals surface area contributed by atoms with Gasteiger partial charge in [-0.25, -0.2) is 4.68 Å². The second-order valence-corrected chi connectivity index (χ2v) is 11.7. The third-order valence-corrected chi connectivity index (χ3v) is 9.04. The van der Waals surface area contributed by atoms with Crippen LogP contribution >= 0.6 is 23.2 Å². The first kappa shape index (κ1) is 26.8.